The minimum Gasteiger partial charge on any atom is -0.347 e. The highest BCUT2D eigenvalue weighted by Crippen LogP contribution is 2.16. The molecule has 0 saturated heterocycles. The molecule has 142 valence electrons. The Morgan fingerprint density at radius 3 is 2.25 bits per heavy atom. The summed E-state index contributed by atoms with van der Waals surface area (Å²) < 4.78 is 13.6. The maximum Gasteiger partial charge on any atom is 0.270 e. The van der Waals surface area contributed by atoms with Crippen LogP contribution in [0.2, 0.25) is 0 Å². The second kappa shape index (κ2) is 9.14. The molecule has 0 aliphatic heterocycles. The van der Waals surface area contributed by atoms with E-state index in [0.717, 1.165) is 11.9 Å². The van der Waals surface area contributed by atoms with Crippen molar-refractivity contribution in [2.24, 2.45) is 0 Å². The Bertz CT molecular complexity index is 1000. The molecule has 0 saturated carbocycles. The summed E-state index contributed by atoms with van der Waals surface area (Å²) in [7, 11) is 0. The number of amides is 2. The third-order valence-corrected chi connectivity index (χ3v) is 4.35. The largest absolute Gasteiger partial charge is 0.347 e. The summed E-state index contributed by atoms with van der Waals surface area (Å²) >= 11 is 3.10. The predicted octanol–water partition coefficient (Wildman–Crippen LogP) is 2.63. The van der Waals surface area contributed by atoms with Gasteiger partial charge in [-0.25, -0.2) is 14.4 Å². The van der Waals surface area contributed by atoms with Crippen LogP contribution in [0.3, 0.4) is 0 Å². The summed E-state index contributed by atoms with van der Waals surface area (Å²) in [6, 6.07) is 9.37. The van der Waals surface area contributed by atoms with Crippen LogP contribution in [0.15, 0.2) is 59.6 Å². The van der Waals surface area contributed by atoms with Gasteiger partial charge >= 0.3 is 0 Å². The second-order valence-corrected chi connectivity index (χ2v) is 6.62. The van der Waals surface area contributed by atoms with E-state index in [9.17, 15) is 14.0 Å². The van der Waals surface area contributed by atoms with Gasteiger partial charge in [0, 0.05) is 31.5 Å². The van der Waals surface area contributed by atoms with E-state index in [4.69, 9.17) is 0 Å². The SMILES string of the molecule is O=C(NCc1cccnc1)c1cc(C(=O)NCc2ccc(F)c(Br)c2)ncn1. The summed E-state index contributed by atoms with van der Waals surface area (Å²) in [4.78, 5) is 36.3. The lowest BCUT2D eigenvalue weighted by molar-refractivity contribution is 0.0944. The third-order valence-electron chi connectivity index (χ3n) is 3.75. The normalized spacial score (nSPS) is 10.4. The van der Waals surface area contributed by atoms with Gasteiger partial charge in [-0.2, -0.15) is 0 Å². The summed E-state index contributed by atoms with van der Waals surface area (Å²) in [6.45, 7) is 0.474. The van der Waals surface area contributed by atoms with E-state index in [1.807, 2.05) is 6.07 Å². The van der Waals surface area contributed by atoms with E-state index in [-0.39, 0.29) is 30.3 Å². The Labute approximate surface area is 168 Å². The standard InChI is InChI=1S/C19H15BrFN5O2/c20-14-6-12(3-4-15(14)21)9-23-18(27)16-7-17(26-11-25-16)19(28)24-10-13-2-1-5-22-8-13/h1-8,11H,9-10H2,(H,23,27)(H,24,28). The first-order chi connectivity index (χ1) is 13.5. The van der Waals surface area contributed by atoms with E-state index in [2.05, 4.69) is 41.5 Å². The van der Waals surface area contributed by atoms with Gasteiger partial charge in [-0.3, -0.25) is 14.6 Å². The number of hydrogen-bond donors (Lipinski definition) is 2. The Hall–Kier alpha value is -3.20. The number of rotatable bonds is 6. The van der Waals surface area contributed by atoms with E-state index >= 15 is 0 Å². The Morgan fingerprint density at radius 2 is 1.64 bits per heavy atom. The van der Waals surface area contributed by atoms with Crippen LogP contribution in [-0.4, -0.2) is 26.8 Å². The molecule has 0 aliphatic rings. The van der Waals surface area contributed by atoms with Crippen LogP contribution in [0.25, 0.3) is 0 Å². The van der Waals surface area contributed by atoms with Crippen molar-refractivity contribution in [3.8, 4) is 0 Å². The number of pyridine rings is 1. The zero-order valence-corrected chi connectivity index (χ0v) is 16.1. The van der Waals surface area contributed by atoms with Crippen LogP contribution < -0.4 is 10.6 Å². The molecule has 0 bridgehead atoms. The quantitative estimate of drug-likeness (QED) is 0.610. The van der Waals surface area contributed by atoms with Crippen molar-refractivity contribution in [2.45, 2.75) is 13.1 Å². The van der Waals surface area contributed by atoms with E-state index in [1.54, 1.807) is 30.6 Å². The zero-order chi connectivity index (χ0) is 19.9. The number of nitrogens with zero attached hydrogens (tertiary/aromatic N) is 3. The van der Waals surface area contributed by atoms with Crippen molar-refractivity contribution in [1.29, 1.82) is 0 Å². The molecule has 28 heavy (non-hydrogen) atoms. The highest BCUT2D eigenvalue weighted by molar-refractivity contribution is 9.10. The van der Waals surface area contributed by atoms with Crippen LogP contribution in [-0.2, 0) is 13.1 Å². The number of halogens is 2. The molecule has 0 unspecified atom stereocenters. The molecule has 0 radical (unpaired) electrons. The Kier molecular flexibility index (Phi) is 6.38. The lowest BCUT2D eigenvalue weighted by Gasteiger charge is -2.07. The van der Waals surface area contributed by atoms with Crippen LogP contribution in [0.4, 0.5) is 4.39 Å². The molecule has 3 aromatic rings. The number of aromatic nitrogens is 3. The van der Waals surface area contributed by atoms with Crippen molar-refractivity contribution in [2.75, 3.05) is 0 Å². The maximum absolute atomic E-state index is 13.3. The molecule has 1 aromatic carbocycles. The lowest BCUT2D eigenvalue weighted by atomic mass is 10.2. The number of benzene rings is 1. The number of nitrogens with one attached hydrogen (secondary N) is 2. The molecule has 7 nitrogen and oxygen atoms in total. The second-order valence-electron chi connectivity index (χ2n) is 5.76. The summed E-state index contributed by atoms with van der Waals surface area (Å²) in [5, 5.41) is 5.38. The first kappa shape index (κ1) is 19.6. The minimum atomic E-state index is -0.468. The van der Waals surface area contributed by atoms with Gasteiger partial charge in [0.25, 0.3) is 11.8 Å². The monoisotopic (exact) mass is 443 g/mol. The fourth-order valence-electron chi connectivity index (χ4n) is 2.30. The van der Waals surface area contributed by atoms with E-state index in [0.29, 0.717) is 10.0 Å². The number of carbonyl (C=O) groups is 2. The number of carbonyl (C=O) groups excluding carboxylic acids is 2. The van der Waals surface area contributed by atoms with Gasteiger partial charge in [-0.15, -0.1) is 0 Å². The third kappa shape index (κ3) is 5.17. The fraction of sp³-hybridized carbons (Fsp3) is 0.105. The summed E-state index contributed by atoms with van der Waals surface area (Å²) in [5.41, 5.74) is 1.69. The molecule has 3 rings (SSSR count). The predicted molar refractivity (Wildman–Crippen MR) is 103 cm³/mol. The molecule has 2 amide bonds. The average molecular weight is 444 g/mol. The van der Waals surface area contributed by atoms with Crippen molar-refractivity contribution in [3.05, 3.63) is 87.9 Å². The summed E-state index contributed by atoms with van der Waals surface area (Å²) in [6.07, 6.45) is 4.45. The highest BCUT2D eigenvalue weighted by atomic mass is 79.9. The average Bonchev–Trinajstić information content (AvgIpc) is 2.73. The molecule has 0 atom stereocenters. The Balaban J connectivity index is 1.60. The molecule has 2 heterocycles. The van der Waals surface area contributed by atoms with Crippen molar-refractivity contribution >= 4 is 27.7 Å². The van der Waals surface area contributed by atoms with Crippen molar-refractivity contribution < 1.29 is 14.0 Å². The van der Waals surface area contributed by atoms with E-state index in [1.165, 1.54) is 12.1 Å². The van der Waals surface area contributed by atoms with Gasteiger partial charge < -0.3 is 10.6 Å². The van der Waals surface area contributed by atoms with Gasteiger partial charge in [-0.1, -0.05) is 12.1 Å². The van der Waals surface area contributed by atoms with Crippen LogP contribution >= 0.6 is 15.9 Å². The first-order valence-electron chi connectivity index (χ1n) is 8.24. The van der Waals surface area contributed by atoms with Gasteiger partial charge in [0.1, 0.15) is 23.5 Å². The van der Waals surface area contributed by atoms with E-state index < -0.39 is 11.8 Å². The zero-order valence-electron chi connectivity index (χ0n) is 14.5. The van der Waals surface area contributed by atoms with Gasteiger partial charge in [-0.05, 0) is 45.3 Å². The molecule has 2 aromatic heterocycles. The molecule has 9 heteroatoms. The smallest absolute Gasteiger partial charge is 0.270 e. The minimum absolute atomic E-state index is 0.0581. The van der Waals surface area contributed by atoms with Crippen molar-refractivity contribution in [3.63, 3.8) is 0 Å². The van der Waals surface area contributed by atoms with Gasteiger partial charge in [0.2, 0.25) is 0 Å². The first-order valence-corrected chi connectivity index (χ1v) is 9.03. The maximum atomic E-state index is 13.3. The molecule has 2 N–H and O–H groups in total. The molecule has 0 aliphatic carbocycles. The molecular weight excluding hydrogens is 429 g/mol. The molecular formula is C19H15BrFN5O2. The fourth-order valence-corrected chi connectivity index (χ4v) is 2.73. The van der Waals surface area contributed by atoms with Gasteiger partial charge in [0.05, 0.1) is 4.47 Å². The van der Waals surface area contributed by atoms with Crippen molar-refractivity contribution in [1.82, 2.24) is 25.6 Å². The van der Waals surface area contributed by atoms with Gasteiger partial charge in [0.15, 0.2) is 0 Å². The topological polar surface area (TPSA) is 96.9 Å². The molecule has 0 spiro atoms. The van der Waals surface area contributed by atoms with Crippen LogP contribution in [0.5, 0.6) is 0 Å². The van der Waals surface area contributed by atoms with Crippen LogP contribution in [0.1, 0.15) is 32.1 Å². The Morgan fingerprint density at radius 1 is 0.964 bits per heavy atom. The number of hydrogen-bond acceptors (Lipinski definition) is 5. The highest BCUT2D eigenvalue weighted by Gasteiger charge is 2.13. The lowest BCUT2D eigenvalue weighted by Crippen LogP contribution is -2.27. The van der Waals surface area contributed by atoms with Crippen LogP contribution in [0, 0.1) is 5.82 Å². The summed E-state index contributed by atoms with van der Waals surface area (Å²) in [5.74, 6) is -1.28. The molecule has 0 fully saturated rings.